The number of ether oxygens (including phenoxy) is 3. The first-order chi connectivity index (χ1) is 26.2. The molecule has 1 aromatic heterocycles. The zero-order valence-corrected chi connectivity index (χ0v) is 30.7. The lowest BCUT2D eigenvalue weighted by atomic mass is 9.91. The van der Waals surface area contributed by atoms with E-state index in [1.54, 1.807) is 18.1 Å². The number of nitrogens with zero attached hydrogens (tertiary/aromatic N) is 4. The SMILES string of the molecule is C[C@H]1[C@@H](CSc2nncn2C)O[C@@H](c2cccc(-c3cccc(CN4C(=O)CC(NC(=O)OCc5ccccc5)C4=O)c3)c2)O[C@H]1c1ccc(CO)cc1. The Morgan fingerprint density at radius 2 is 1.65 bits per heavy atom. The normalized spacial score (nSPS) is 21.3. The third-order valence-corrected chi connectivity index (χ3v) is 10.8. The summed E-state index contributed by atoms with van der Waals surface area (Å²) in [6, 6.07) is 31.7. The predicted molar refractivity (Wildman–Crippen MR) is 200 cm³/mol. The molecule has 2 saturated heterocycles. The molecule has 2 aliphatic rings. The van der Waals surface area contributed by atoms with Crippen LogP contribution in [0.25, 0.3) is 11.1 Å². The van der Waals surface area contributed by atoms with Crippen LogP contribution in [-0.4, -0.2) is 60.6 Å². The second kappa shape index (κ2) is 16.8. The molecule has 1 unspecified atom stereocenters. The summed E-state index contributed by atoms with van der Waals surface area (Å²) < 4.78 is 20.5. The van der Waals surface area contributed by atoms with Crippen molar-refractivity contribution >= 4 is 29.7 Å². The number of alkyl carbamates (subject to hydrolysis) is 1. The fourth-order valence-corrected chi connectivity index (χ4v) is 7.69. The zero-order chi connectivity index (χ0) is 37.6. The van der Waals surface area contributed by atoms with Crippen molar-refractivity contribution in [3.8, 4) is 11.1 Å². The van der Waals surface area contributed by atoms with Gasteiger partial charge in [0, 0.05) is 24.3 Å². The molecule has 2 fully saturated rings. The molecule has 2 N–H and O–H groups in total. The van der Waals surface area contributed by atoms with Gasteiger partial charge in [0.1, 0.15) is 19.0 Å². The molecule has 7 rings (SSSR count). The number of rotatable bonds is 12. The van der Waals surface area contributed by atoms with Gasteiger partial charge in [0.25, 0.3) is 5.91 Å². The summed E-state index contributed by atoms with van der Waals surface area (Å²) in [5.74, 6) is -0.196. The van der Waals surface area contributed by atoms with Crippen molar-refractivity contribution in [2.45, 2.75) is 62.8 Å². The Bertz CT molecular complexity index is 2090. The van der Waals surface area contributed by atoms with Gasteiger partial charge < -0.3 is 29.2 Å². The van der Waals surface area contributed by atoms with Gasteiger partial charge in [-0.3, -0.25) is 14.5 Å². The van der Waals surface area contributed by atoms with Crippen molar-refractivity contribution in [1.29, 1.82) is 0 Å². The predicted octanol–water partition coefficient (Wildman–Crippen LogP) is 6.11. The molecule has 2 aliphatic heterocycles. The van der Waals surface area contributed by atoms with Crippen LogP contribution in [0, 0.1) is 5.92 Å². The minimum Gasteiger partial charge on any atom is -0.445 e. The maximum absolute atomic E-state index is 13.2. The van der Waals surface area contributed by atoms with E-state index in [2.05, 4.69) is 22.4 Å². The van der Waals surface area contributed by atoms with Crippen LogP contribution in [0.5, 0.6) is 0 Å². The largest absolute Gasteiger partial charge is 0.445 e. The molecule has 0 saturated carbocycles. The number of amides is 3. The summed E-state index contributed by atoms with van der Waals surface area (Å²) in [6.07, 6.45) is -0.331. The number of thioether (sulfide) groups is 1. The molecule has 4 aromatic carbocycles. The summed E-state index contributed by atoms with van der Waals surface area (Å²) in [5.41, 5.74) is 6.04. The van der Waals surface area contributed by atoms with E-state index in [1.165, 1.54) is 4.90 Å². The lowest BCUT2D eigenvalue weighted by Crippen LogP contribution is -2.41. The number of nitrogens with one attached hydrogen (secondary N) is 1. The molecule has 5 atom stereocenters. The molecule has 5 aromatic rings. The number of aliphatic hydroxyl groups excluding tert-OH is 1. The highest BCUT2D eigenvalue weighted by molar-refractivity contribution is 7.99. The molecule has 0 aliphatic carbocycles. The molecule has 3 heterocycles. The molecule has 0 spiro atoms. The van der Waals surface area contributed by atoms with Gasteiger partial charge in [0.15, 0.2) is 11.4 Å². The third-order valence-electron chi connectivity index (χ3n) is 9.68. The minimum atomic E-state index is -0.988. The van der Waals surface area contributed by atoms with Crippen molar-refractivity contribution < 1.29 is 33.7 Å². The van der Waals surface area contributed by atoms with Gasteiger partial charge in [0.05, 0.1) is 31.8 Å². The molecule has 0 radical (unpaired) electrons. The fourth-order valence-electron chi connectivity index (χ4n) is 6.64. The highest BCUT2D eigenvalue weighted by Gasteiger charge is 2.40. The minimum absolute atomic E-state index is 0.00700. The zero-order valence-electron chi connectivity index (χ0n) is 29.9. The second-order valence-electron chi connectivity index (χ2n) is 13.5. The number of aromatic nitrogens is 3. The van der Waals surface area contributed by atoms with Crippen LogP contribution >= 0.6 is 11.8 Å². The van der Waals surface area contributed by atoms with Crippen molar-refractivity contribution in [1.82, 2.24) is 25.0 Å². The summed E-state index contributed by atoms with van der Waals surface area (Å²) >= 11 is 1.58. The van der Waals surface area contributed by atoms with Gasteiger partial charge in [-0.2, -0.15) is 0 Å². The molecule has 13 heteroatoms. The van der Waals surface area contributed by atoms with Crippen molar-refractivity contribution in [3.05, 3.63) is 137 Å². The van der Waals surface area contributed by atoms with E-state index in [9.17, 15) is 19.5 Å². The summed E-state index contributed by atoms with van der Waals surface area (Å²) in [5, 5.41) is 21.2. The Kier molecular flexibility index (Phi) is 11.5. The Labute approximate surface area is 317 Å². The molecular weight excluding hydrogens is 707 g/mol. The average Bonchev–Trinajstić information content (AvgIpc) is 3.73. The lowest BCUT2D eigenvalue weighted by Gasteiger charge is -2.41. The quantitative estimate of drug-likeness (QED) is 0.113. The van der Waals surface area contributed by atoms with Crippen LogP contribution in [0.4, 0.5) is 4.79 Å². The monoisotopic (exact) mass is 747 g/mol. The van der Waals surface area contributed by atoms with E-state index < -0.39 is 24.3 Å². The molecule has 278 valence electrons. The van der Waals surface area contributed by atoms with Crippen LogP contribution in [0.2, 0.25) is 0 Å². The third kappa shape index (κ3) is 8.55. The van der Waals surface area contributed by atoms with Gasteiger partial charge in [0.2, 0.25) is 5.91 Å². The number of carbonyl (C=O) groups excluding carboxylic acids is 3. The van der Waals surface area contributed by atoms with E-state index >= 15 is 0 Å². The molecule has 3 amide bonds. The van der Waals surface area contributed by atoms with E-state index in [-0.39, 0.29) is 50.2 Å². The van der Waals surface area contributed by atoms with Crippen molar-refractivity contribution in [2.24, 2.45) is 13.0 Å². The van der Waals surface area contributed by atoms with E-state index in [1.807, 2.05) is 115 Å². The van der Waals surface area contributed by atoms with Crippen LogP contribution in [0.3, 0.4) is 0 Å². The molecular formula is C41H41N5O7S. The number of imide groups is 1. The van der Waals surface area contributed by atoms with Gasteiger partial charge in [-0.1, -0.05) is 110 Å². The maximum Gasteiger partial charge on any atom is 0.408 e. The van der Waals surface area contributed by atoms with Gasteiger partial charge >= 0.3 is 6.09 Å². The lowest BCUT2D eigenvalue weighted by molar-refractivity contribution is -0.268. The molecule has 12 nitrogen and oxygen atoms in total. The first-order valence-electron chi connectivity index (χ1n) is 17.7. The number of likely N-dealkylation sites (tertiary alicyclic amines) is 1. The van der Waals surface area contributed by atoms with Crippen molar-refractivity contribution in [3.63, 3.8) is 0 Å². The number of benzene rings is 4. The maximum atomic E-state index is 13.2. The number of aliphatic hydroxyl groups is 1. The summed E-state index contributed by atoms with van der Waals surface area (Å²) in [7, 11) is 1.91. The summed E-state index contributed by atoms with van der Waals surface area (Å²) in [4.78, 5) is 39.8. The van der Waals surface area contributed by atoms with E-state index in [4.69, 9.17) is 14.2 Å². The molecule has 54 heavy (non-hydrogen) atoms. The average molecular weight is 748 g/mol. The molecule has 0 bridgehead atoms. The highest BCUT2D eigenvalue weighted by atomic mass is 32.2. The number of hydrogen-bond acceptors (Lipinski definition) is 10. The Balaban J connectivity index is 1.05. The number of carbonyl (C=O) groups is 3. The van der Waals surface area contributed by atoms with Gasteiger partial charge in [-0.15, -0.1) is 10.2 Å². The first kappa shape index (κ1) is 37.0. The second-order valence-corrected chi connectivity index (χ2v) is 14.5. The summed E-state index contributed by atoms with van der Waals surface area (Å²) in [6.45, 7) is 2.21. The first-order valence-corrected chi connectivity index (χ1v) is 18.7. The fraction of sp³-hybridized carbons (Fsp3) is 0.293. The smallest absolute Gasteiger partial charge is 0.408 e. The number of aryl methyl sites for hydroxylation is 1. The van der Waals surface area contributed by atoms with E-state index in [0.717, 1.165) is 44.1 Å². The van der Waals surface area contributed by atoms with Gasteiger partial charge in [-0.25, -0.2) is 4.79 Å². The van der Waals surface area contributed by atoms with Crippen LogP contribution in [0.15, 0.2) is 115 Å². The van der Waals surface area contributed by atoms with Gasteiger partial charge in [-0.05, 0) is 45.5 Å². The standard InChI is InChI=1S/C41H41N5O7S/c1-26-35(24-54-40-44-42-25-45(40)2)52-39(53-37(26)30-16-14-27(22-47)15-17-30)33-13-7-12-32(19-33)31-11-6-10-29(18-31)21-46-36(48)20-34(38(46)49)43-41(50)51-23-28-8-4-3-5-9-28/h3-19,25-26,34-35,37,39,47H,20-24H2,1-2H3,(H,43,50)/t26-,34?,35+,37+,39+/m0/s1. The van der Waals surface area contributed by atoms with Crippen molar-refractivity contribution in [2.75, 3.05) is 5.75 Å². The highest BCUT2D eigenvalue weighted by Crippen LogP contribution is 2.43. The Hall–Kier alpha value is -5.34. The van der Waals surface area contributed by atoms with Crippen LogP contribution in [-0.2, 0) is 50.6 Å². The Morgan fingerprint density at radius 3 is 2.39 bits per heavy atom. The van der Waals surface area contributed by atoms with E-state index in [0.29, 0.717) is 5.75 Å². The Morgan fingerprint density at radius 1 is 0.907 bits per heavy atom. The number of hydrogen-bond donors (Lipinski definition) is 2. The van der Waals surface area contributed by atoms with Crippen LogP contribution in [0.1, 0.15) is 53.6 Å². The van der Waals surface area contributed by atoms with Crippen LogP contribution < -0.4 is 5.32 Å². The topological polar surface area (TPSA) is 145 Å².